The van der Waals surface area contributed by atoms with E-state index in [1.165, 1.54) is 4.90 Å². The maximum atomic E-state index is 12.9. The summed E-state index contributed by atoms with van der Waals surface area (Å²) in [7, 11) is 0. The molecule has 0 radical (unpaired) electrons. The number of nitrogens with one attached hydrogen (secondary N) is 4. The fourth-order valence-electron chi connectivity index (χ4n) is 4.70. The highest BCUT2D eigenvalue weighted by Crippen LogP contribution is 2.32. The van der Waals surface area contributed by atoms with Gasteiger partial charge >= 0.3 is 0 Å². The maximum Gasteiger partial charge on any atom is 0.255 e. The number of imide groups is 1. The summed E-state index contributed by atoms with van der Waals surface area (Å²) in [4.78, 5) is 62.1. The van der Waals surface area contributed by atoms with Crippen molar-refractivity contribution in [3.63, 3.8) is 0 Å². The van der Waals surface area contributed by atoms with E-state index in [4.69, 9.17) is 4.74 Å². The third-order valence-electron chi connectivity index (χ3n) is 6.82. The van der Waals surface area contributed by atoms with E-state index in [2.05, 4.69) is 21.3 Å². The molecular weight excluding hydrogens is 502 g/mol. The summed E-state index contributed by atoms with van der Waals surface area (Å²) in [5.41, 5.74) is 1.95. The van der Waals surface area contributed by atoms with Crippen molar-refractivity contribution in [3.05, 3.63) is 29.3 Å². The van der Waals surface area contributed by atoms with Crippen LogP contribution >= 0.6 is 0 Å². The topological polar surface area (TPSA) is 146 Å². The van der Waals surface area contributed by atoms with Gasteiger partial charge in [0.25, 0.3) is 5.91 Å². The van der Waals surface area contributed by atoms with Crippen LogP contribution < -0.4 is 21.3 Å². The van der Waals surface area contributed by atoms with Crippen LogP contribution in [0.4, 0.5) is 5.69 Å². The molecule has 1 saturated heterocycles. The Balaban J connectivity index is 1.27. The Morgan fingerprint density at radius 2 is 1.67 bits per heavy atom. The molecule has 1 aromatic rings. The Kier molecular flexibility index (Phi) is 11.7. The molecule has 1 fully saturated rings. The number of piperidine rings is 1. The number of amides is 5. The van der Waals surface area contributed by atoms with Crippen LogP contribution in [0.25, 0.3) is 0 Å². The molecule has 2 heterocycles. The molecule has 11 heteroatoms. The average Bonchev–Trinajstić information content (AvgIpc) is 3.23. The van der Waals surface area contributed by atoms with Crippen molar-refractivity contribution in [2.45, 2.75) is 83.9 Å². The minimum Gasteiger partial charge on any atom is -0.376 e. The predicted molar refractivity (Wildman–Crippen MR) is 146 cm³/mol. The average molecular weight is 544 g/mol. The number of hydrogen-bond donors (Lipinski definition) is 4. The Morgan fingerprint density at radius 1 is 1.00 bits per heavy atom. The summed E-state index contributed by atoms with van der Waals surface area (Å²) in [6, 6.07) is 4.61. The second kappa shape index (κ2) is 15.2. The van der Waals surface area contributed by atoms with Crippen LogP contribution in [0.1, 0.15) is 81.1 Å². The second-order valence-corrected chi connectivity index (χ2v) is 10.3. The van der Waals surface area contributed by atoms with Gasteiger partial charge in [-0.1, -0.05) is 31.7 Å². The molecule has 214 valence electrons. The molecule has 11 nitrogen and oxygen atoms in total. The number of anilines is 1. The van der Waals surface area contributed by atoms with Gasteiger partial charge in [-0.15, -0.1) is 0 Å². The number of ether oxygens (including phenoxy) is 1. The number of nitrogens with zero attached hydrogens (tertiary/aromatic N) is 1. The fraction of sp³-hybridized carbons (Fsp3) is 0.607. The molecule has 0 aliphatic carbocycles. The van der Waals surface area contributed by atoms with Gasteiger partial charge in [0.15, 0.2) is 0 Å². The maximum absolute atomic E-state index is 12.9. The van der Waals surface area contributed by atoms with Crippen molar-refractivity contribution in [2.75, 3.05) is 31.6 Å². The van der Waals surface area contributed by atoms with Crippen LogP contribution in [0.5, 0.6) is 0 Å². The molecule has 0 spiro atoms. The molecule has 2 aliphatic heterocycles. The van der Waals surface area contributed by atoms with Gasteiger partial charge in [-0.05, 0) is 45.2 Å². The molecule has 1 aromatic carbocycles. The molecule has 0 aromatic heterocycles. The summed E-state index contributed by atoms with van der Waals surface area (Å²) in [5, 5.41) is 11.2. The minimum absolute atomic E-state index is 0.0493. The molecule has 2 aliphatic rings. The van der Waals surface area contributed by atoms with E-state index in [0.29, 0.717) is 30.8 Å². The van der Waals surface area contributed by atoms with E-state index < -0.39 is 11.9 Å². The zero-order chi connectivity index (χ0) is 28.2. The lowest BCUT2D eigenvalue weighted by Gasteiger charge is -2.29. The third-order valence-corrected chi connectivity index (χ3v) is 6.82. The van der Waals surface area contributed by atoms with Gasteiger partial charge in [-0.3, -0.25) is 29.3 Å². The zero-order valence-corrected chi connectivity index (χ0v) is 23.0. The minimum atomic E-state index is -0.672. The van der Waals surface area contributed by atoms with Crippen LogP contribution in [0.2, 0.25) is 0 Å². The summed E-state index contributed by atoms with van der Waals surface area (Å²) in [6.07, 6.45) is 6.63. The Bertz CT molecular complexity index is 1040. The highest BCUT2D eigenvalue weighted by Gasteiger charge is 2.39. The molecule has 5 amide bonds. The monoisotopic (exact) mass is 543 g/mol. The standard InChI is InChI=1S/C28H41N5O6/c1-19(2)39-18-26(36)30-15-8-6-4-3-5-7-14-29-25(35)16-31-22-11-9-10-20-21(22)17-33(28(20)38)23-12-13-24(34)32-27(23)37/h9-11,19,23,31H,3-8,12-18H2,1-2H3,(H,29,35)(H,30,36)(H,32,34,37). The SMILES string of the molecule is CC(C)OCC(=O)NCCCCCCCCNC(=O)CNc1cccc2c1CN(C1CCC(=O)NC1=O)C2=O. The summed E-state index contributed by atoms with van der Waals surface area (Å²) < 4.78 is 5.26. The van der Waals surface area contributed by atoms with Crippen LogP contribution in [-0.4, -0.2) is 72.8 Å². The number of benzene rings is 1. The largest absolute Gasteiger partial charge is 0.376 e. The van der Waals surface area contributed by atoms with Crippen molar-refractivity contribution in [1.29, 1.82) is 0 Å². The lowest BCUT2D eigenvalue weighted by Crippen LogP contribution is -2.52. The number of hydrogen-bond acceptors (Lipinski definition) is 7. The van der Waals surface area contributed by atoms with Crippen molar-refractivity contribution >= 4 is 35.2 Å². The number of carbonyl (C=O) groups is 5. The molecule has 39 heavy (non-hydrogen) atoms. The van der Waals surface area contributed by atoms with Crippen LogP contribution in [0.15, 0.2) is 18.2 Å². The van der Waals surface area contributed by atoms with E-state index >= 15 is 0 Å². The van der Waals surface area contributed by atoms with Gasteiger partial charge in [0, 0.05) is 42.9 Å². The summed E-state index contributed by atoms with van der Waals surface area (Å²) >= 11 is 0. The Labute approximate surface area is 229 Å². The highest BCUT2D eigenvalue weighted by molar-refractivity contribution is 6.06. The molecule has 0 bridgehead atoms. The number of carbonyl (C=O) groups excluding carboxylic acids is 5. The number of rotatable bonds is 16. The quantitative estimate of drug-likeness (QED) is 0.184. The number of unbranched alkanes of at least 4 members (excludes halogenated alkanes) is 5. The van der Waals surface area contributed by atoms with Crippen molar-refractivity contribution in [3.8, 4) is 0 Å². The Hall–Kier alpha value is -3.47. The first-order chi connectivity index (χ1) is 18.8. The predicted octanol–water partition coefficient (Wildman–Crippen LogP) is 1.86. The van der Waals surface area contributed by atoms with Crippen molar-refractivity contribution in [2.24, 2.45) is 0 Å². The van der Waals surface area contributed by atoms with Crippen molar-refractivity contribution in [1.82, 2.24) is 20.9 Å². The van der Waals surface area contributed by atoms with Crippen LogP contribution in [0, 0.1) is 0 Å². The van der Waals surface area contributed by atoms with E-state index in [0.717, 1.165) is 44.1 Å². The molecule has 3 rings (SSSR count). The van der Waals surface area contributed by atoms with Gasteiger partial charge in [0.2, 0.25) is 23.6 Å². The van der Waals surface area contributed by atoms with Gasteiger partial charge in [-0.25, -0.2) is 0 Å². The first kappa shape index (κ1) is 30.1. The van der Waals surface area contributed by atoms with E-state index in [1.54, 1.807) is 12.1 Å². The number of fused-ring (bicyclic) bond motifs is 1. The zero-order valence-electron chi connectivity index (χ0n) is 23.0. The van der Waals surface area contributed by atoms with E-state index in [-0.39, 0.29) is 55.8 Å². The molecule has 1 atom stereocenters. The smallest absolute Gasteiger partial charge is 0.255 e. The highest BCUT2D eigenvalue weighted by atomic mass is 16.5. The second-order valence-electron chi connectivity index (χ2n) is 10.3. The molecule has 1 unspecified atom stereocenters. The molecular formula is C28H41N5O6. The van der Waals surface area contributed by atoms with Gasteiger partial charge in [-0.2, -0.15) is 0 Å². The van der Waals surface area contributed by atoms with Gasteiger partial charge < -0.3 is 25.6 Å². The normalized spacial score (nSPS) is 16.7. The third kappa shape index (κ3) is 9.35. The fourth-order valence-corrected chi connectivity index (χ4v) is 4.70. The van der Waals surface area contributed by atoms with E-state index in [1.807, 2.05) is 19.9 Å². The first-order valence-corrected chi connectivity index (χ1v) is 13.9. The van der Waals surface area contributed by atoms with Crippen molar-refractivity contribution < 1.29 is 28.7 Å². The van der Waals surface area contributed by atoms with E-state index in [9.17, 15) is 24.0 Å². The van der Waals surface area contributed by atoms with Crippen LogP contribution in [-0.2, 0) is 30.5 Å². The first-order valence-electron chi connectivity index (χ1n) is 13.9. The lowest BCUT2D eigenvalue weighted by atomic mass is 10.0. The van der Waals surface area contributed by atoms with Gasteiger partial charge in [0.05, 0.1) is 12.6 Å². The Morgan fingerprint density at radius 3 is 2.33 bits per heavy atom. The molecule has 0 saturated carbocycles. The van der Waals surface area contributed by atoms with Gasteiger partial charge in [0.1, 0.15) is 12.6 Å². The lowest BCUT2D eigenvalue weighted by molar-refractivity contribution is -0.137. The summed E-state index contributed by atoms with van der Waals surface area (Å²) in [6.45, 7) is 5.50. The molecule has 4 N–H and O–H groups in total. The summed E-state index contributed by atoms with van der Waals surface area (Å²) in [5.74, 6) is -1.21. The van der Waals surface area contributed by atoms with Crippen LogP contribution in [0.3, 0.4) is 0 Å².